The average Bonchev–Trinajstić information content (AvgIpc) is 2.47. The molecule has 6 heteroatoms. The molecule has 0 saturated carbocycles. The minimum atomic E-state index is -1.00. The van der Waals surface area contributed by atoms with Crippen molar-refractivity contribution in [1.82, 2.24) is 4.57 Å². The topological polar surface area (TPSA) is 85.6 Å². The molecule has 0 aliphatic rings. The summed E-state index contributed by atoms with van der Waals surface area (Å²) in [5.74, 6) is -1.50. The fraction of sp³-hybridized carbons (Fsp3) is 0.278. The Kier molecular flexibility index (Phi) is 4.87. The fourth-order valence-corrected chi connectivity index (χ4v) is 2.14. The highest BCUT2D eigenvalue weighted by molar-refractivity contribution is 5.88. The summed E-state index contributed by atoms with van der Waals surface area (Å²) in [4.78, 5) is 34.7. The number of carboxylic acid groups (broad SMARTS) is 1. The Morgan fingerprint density at radius 1 is 1.04 bits per heavy atom. The van der Waals surface area contributed by atoms with Gasteiger partial charge >= 0.3 is 11.9 Å². The van der Waals surface area contributed by atoms with E-state index < -0.39 is 17.5 Å². The van der Waals surface area contributed by atoms with Gasteiger partial charge in [0.15, 0.2) is 0 Å². The number of carboxylic acids is 1. The third-order valence-corrected chi connectivity index (χ3v) is 3.17. The van der Waals surface area contributed by atoms with E-state index in [0.29, 0.717) is 5.56 Å². The molecule has 0 aliphatic carbocycles. The van der Waals surface area contributed by atoms with Crippen molar-refractivity contribution in [2.45, 2.75) is 32.9 Å². The number of aromatic carboxylic acids is 1. The number of rotatable bonds is 4. The molecule has 0 radical (unpaired) electrons. The minimum absolute atomic E-state index is 0.181. The van der Waals surface area contributed by atoms with Gasteiger partial charge in [0.1, 0.15) is 12.1 Å². The summed E-state index contributed by atoms with van der Waals surface area (Å²) in [6.45, 7) is 5.09. The van der Waals surface area contributed by atoms with Gasteiger partial charge in [-0.1, -0.05) is 12.1 Å². The number of hydrogen-bond donors (Lipinski definition) is 1. The summed E-state index contributed by atoms with van der Waals surface area (Å²) < 4.78 is 6.49. The maximum atomic E-state index is 11.9. The Balaban J connectivity index is 2.26. The number of hydrogen-bond acceptors (Lipinski definition) is 4. The fourth-order valence-electron chi connectivity index (χ4n) is 2.14. The zero-order valence-corrected chi connectivity index (χ0v) is 13.8. The van der Waals surface area contributed by atoms with Crippen molar-refractivity contribution < 1.29 is 19.4 Å². The molecule has 2 rings (SSSR count). The molecule has 0 amide bonds. The maximum Gasteiger partial charge on any atom is 0.335 e. The first-order valence-corrected chi connectivity index (χ1v) is 7.42. The van der Waals surface area contributed by atoms with Crippen LogP contribution in [0.1, 0.15) is 31.1 Å². The molecule has 0 spiro atoms. The highest BCUT2D eigenvalue weighted by Gasteiger charge is 2.17. The van der Waals surface area contributed by atoms with Crippen LogP contribution in [0.2, 0.25) is 0 Å². The van der Waals surface area contributed by atoms with Gasteiger partial charge in [-0.3, -0.25) is 9.59 Å². The molecule has 0 fully saturated rings. The highest BCUT2D eigenvalue weighted by Crippen LogP contribution is 2.18. The SMILES string of the molecule is CC(C)(C)OC(=O)Cn1cc(-c2ccc(C(=O)O)cc2)ccc1=O. The van der Waals surface area contributed by atoms with Crippen LogP contribution in [0.15, 0.2) is 47.4 Å². The normalized spacial score (nSPS) is 11.1. The second-order valence-electron chi connectivity index (χ2n) is 6.35. The van der Waals surface area contributed by atoms with Crippen LogP contribution in [0, 0.1) is 0 Å². The second-order valence-corrected chi connectivity index (χ2v) is 6.35. The molecule has 0 aliphatic heterocycles. The van der Waals surface area contributed by atoms with Crippen molar-refractivity contribution in [1.29, 1.82) is 0 Å². The summed E-state index contributed by atoms with van der Waals surface area (Å²) in [7, 11) is 0. The maximum absolute atomic E-state index is 11.9. The molecule has 24 heavy (non-hydrogen) atoms. The largest absolute Gasteiger partial charge is 0.478 e. The molecule has 1 heterocycles. The van der Waals surface area contributed by atoms with Crippen molar-refractivity contribution in [3.05, 3.63) is 58.5 Å². The molecular formula is C18H19NO5. The zero-order chi connectivity index (χ0) is 17.9. The number of carbonyl (C=O) groups is 2. The molecule has 2 aromatic rings. The van der Waals surface area contributed by atoms with E-state index in [1.807, 2.05) is 0 Å². The van der Waals surface area contributed by atoms with Gasteiger partial charge < -0.3 is 14.4 Å². The molecule has 1 N–H and O–H groups in total. The lowest BCUT2D eigenvalue weighted by Gasteiger charge is -2.19. The quantitative estimate of drug-likeness (QED) is 0.871. The van der Waals surface area contributed by atoms with Crippen LogP contribution >= 0.6 is 0 Å². The summed E-state index contributed by atoms with van der Waals surface area (Å²) in [6, 6.07) is 9.28. The van der Waals surface area contributed by atoms with Crippen LogP contribution in [0.4, 0.5) is 0 Å². The summed E-state index contributed by atoms with van der Waals surface area (Å²) >= 11 is 0. The predicted molar refractivity (Wildman–Crippen MR) is 88.9 cm³/mol. The van der Waals surface area contributed by atoms with Gasteiger partial charge in [0.25, 0.3) is 5.56 Å². The molecule has 1 aromatic carbocycles. The molecule has 0 atom stereocenters. The first kappa shape index (κ1) is 17.5. The van der Waals surface area contributed by atoms with Gasteiger partial charge in [-0.05, 0) is 50.1 Å². The van der Waals surface area contributed by atoms with Crippen LogP contribution in [0.5, 0.6) is 0 Å². The average molecular weight is 329 g/mol. The van der Waals surface area contributed by atoms with E-state index >= 15 is 0 Å². The van der Waals surface area contributed by atoms with Gasteiger partial charge in [-0.15, -0.1) is 0 Å². The van der Waals surface area contributed by atoms with Gasteiger partial charge in [0, 0.05) is 12.3 Å². The Bertz CT molecular complexity index is 813. The molecule has 0 unspecified atom stereocenters. The summed E-state index contributed by atoms with van der Waals surface area (Å²) in [5.41, 5.74) is 0.700. The molecular weight excluding hydrogens is 310 g/mol. The number of carbonyl (C=O) groups excluding carboxylic acids is 1. The Morgan fingerprint density at radius 3 is 2.17 bits per heavy atom. The highest BCUT2D eigenvalue weighted by atomic mass is 16.6. The predicted octanol–water partition coefficient (Wildman–Crippen LogP) is 2.56. The van der Waals surface area contributed by atoms with Crippen molar-refractivity contribution in [3.8, 4) is 11.1 Å². The number of aromatic nitrogens is 1. The zero-order valence-electron chi connectivity index (χ0n) is 13.8. The first-order valence-electron chi connectivity index (χ1n) is 7.42. The van der Waals surface area contributed by atoms with E-state index in [9.17, 15) is 14.4 Å². The summed E-state index contributed by atoms with van der Waals surface area (Å²) in [5, 5.41) is 8.92. The molecule has 126 valence electrons. The molecule has 1 aromatic heterocycles. The standard InChI is InChI=1S/C18H19NO5/c1-18(2,3)24-16(21)11-19-10-14(8-9-15(19)20)12-4-6-13(7-5-12)17(22)23/h4-10H,11H2,1-3H3,(H,22,23). The van der Waals surface area contributed by atoms with Crippen LogP contribution in [-0.4, -0.2) is 27.2 Å². The van der Waals surface area contributed by atoms with Crippen molar-refractivity contribution in [3.63, 3.8) is 0 Å². The van der Waals surface area contributed by atoms with E-state index in [-0.39, 0.29) is 17.7 Å². The third kappa shape index (κ3) is 4.55. The third-order valence-electron chi connectivity index (χ3n) is 3.17. The lowest BCUT2D eigenvalue weighted by Crippen LogP contribution is -2.30. The van der Waals surface area contributed by atoms with Crippen LogP contribution in [0.25, 0.3) is 11.1 Å². The molecule has 6 nitrogen and oxygen atoms in total. The molecule has 0 saturated heterocycles. The van der Waals surface area contributed by atoms with Gasteiger partial charge in [-0.25, -0.2) is 4.79 Å². The lowest BCUT2D eigenvalue weighted by atomic mass is 10.1. The van der Waals surface area contributed by atoms with Gasteiger partial charge in [0.05, 0.1) is 5.56 Å². The smallest absolute Gasteiger partial charge is 0.335 e. The van der Waals surface area contributed by atoms with Crippen molar-refractivity contribution in [2.75, 3.05) is 0 Å². The molecule has 0 bridgehead atoms. The number of pyridine rings is 1. The Hall–Kier alpha value is -2.89. The Labute approximate surface area is 139 Å². The van der Waals surface area contributed by atoms with Crippen LogP contribution in [0.3, 0.4) is 0 Å². The number of nitrogens with zero attached hydrogens (tertiary/aromatic N) is 1. The van der Waals surface area contributed by atoms with Crippen LogP contribution < -0.4 is 5.56 Å². The van der Waals surface area contributed by atoms with E-state index in [2.05, 4.69) is 0 Å². The lowest BCUT2D eigenvalue weighted by molar-refractivity contribution is -0.155. The number of ether oxygens (including phenoxy) is 1. The Morgan fingerprint density at radius 2 is 1.62 bits per heavy atom. The first-order chi connectivity index (χ1) is 11.2. The number of esters is 1. The van der Waals surface area contributed by atoms with Crippen LogP contribution in [-0.2, 0) is 16.1 Å². The van der Waals surface area contributed by atoms with Crippen molar-refractivity contribution >= 4 is 11.9 Å². The minimum Gasteiger partial charge on any atom is -0.478 e. The van der Waals surface area contributed by atoms with E-state index in [0.717, 1.165) is 5.56 Å². The number of benzene rings is 1. The van der Waals surface area contributed by atoms with E-state index in [1.165, 1.54) is 22.8 Å². The second kappa shape index (κ2) is 6.70. The van der Waals surface area contributed by atoms with Gasteiger partial charge in [-0.2, -0.15) is 0 Å². The van der Waals surface area contributed by atoms with E-state index in [4.69, 9.17) is 9.84 Å². The van der Waals surface area contributed by atoms with Gasteiger partial charge in [0.2, 0.25) is 0 Å². The monoisotopic (exact) mass is 329 g/mol. The van der Waals surface area contributed by atoms with E-state index in [1.54, 1.807) is 45.2 Å². The van der Waals surface area contributed by atoms with Crippen molar-refractivity contribution in [2.24, 2.45) is 0 Å². The summed E-state index contributed by atoms with van der Waals surface area (Å²) in [6.07, 6.45) is 1.56.